The van der Waals surface area contributed by atoms with Crippen LogP contribution in [-0.4, -0.2) is 25.0 Å². The molecule has 20 heavy (non-hydrogen) atoms. The van der Waals surface area contributed by atoms with E-state index in [9.17, 15) is 13.2 Å². The van der Waals surface area contributed by atoms with Crippen molar-refractivity contribution >= 4 is 21.7 Å². The highest BCUT2D eigenvalue weighted by Crippen LogP contribution is 2.36. The van der Waals surface area contributed by atoms with Crippen LogP contribution in [0.15, 0.2) is 29.2 Å². The second kappa shape index (κ2) is 5.41. The number of nitrogens with two attached hydrogens (primary N) is 1. The molecule has 0 heterocycles. The zero-order valence-electron chi connectivity index (χ0n) is 11.0. The number of carboxylic acids is 1. The Kier molecular flexibility index (Phi) is 4.01. The molecule has 0 spiro atoms. The summed E-state index contributed by atoms with van der Waals surface area (Å²) in [6.07, 6.45) is 3.65. The lowest BCUT2D eigenvalue weighted by atomic mass is 9.93. The van der Waals surface area contributed by atoms with Crippen LogP contribution in [0.25, 0.3) is 0 Å². The molecule has 0 aromatic heterocycles. The van der Waals surface area contributed by atoms with E-state index in [4.69, 9.17) is 10.2 Å². The van der Waals surface area contributed by atoms with E-state index in [0.29, 0.717) is 5.69 Å². The van der Waals surface area contributed by atoms with Crippen LogP contribution in [0.1, 0.15) is 32.1 Å². The fourth-order valence-electron chi connectivity index (χ4n) is 2.72. The average molecular weight is 298 g/mol. The Balaban J connectivity index is 2.17. The van der Waals surface area contributed by atoms with Gasteiger partial charge in [-0.2, -0.15) is 0 Å². The molecule has 6 nitrogen and oxygen atoms in total. The van der Waals surface area contributed by atoms with Crippen molar-refractivity contribution < 1.29 is 18.3 Å². The first-order chi connectivity index (χ1) is 9.31. The topological polar surface area (TPSA) is 109 Å². The monoisotopic (exact) mass is 298 g/mol. The maximum atomic E-state index is 11.2. The van der Waals surface area contributed by atoms with Gasteiger partial charge in [0.05, 0.1) is 11.3 Å². The molecule has 2 rings (SSSR count). The Hall–Kier alpha value is -1.60. The predicted octanol–water partition coefficient (Wildman–Crippen LogP) is 1.53. The van der Waals surface area contributed by atoms with Crippen LogP contribution in [0.4, 0.5) is 5.69 Å². The molecule has 1 aliphatic rings. The smallest absolute Gasteiger partial charge is 0.305 e. The minimum atomic E-state index is -3.70. The molecule has 1 aromatic carbocycles. The van der Waals surface area contributed by atoms with Gasteiger partial charge in [-0.15, -0.1) is 0 Å². The molecular weight excluding hydrogens is 280 g/mol. The molecule has 1 aromatic rings. The van der Waals surface area contributed by atoms with E-state index in [1.165, 1.54) is 12.1 Å². The van der Waals surface area contributed by atoms with Crippen molar-refractivity contribution in [1.82, 2.24) is 0 Å². The van der Waals surface area contributed by atoms with E-state index >= 15 is 0 Å². The van der Waals surface area contributed by atoms with Crippen molar-refractivity contribution in [2.75, 3.05) is 5.32 Å². The van der Waals surface area contributed by atoms with Gasteiger partial charge in [0.15, 0.2) is 0 Å². The van der Waals surface area contributed by atoms with Crippen molar-refractivity contribution in [3.8, 4) is 0 Å². The zero-order chi connectivity index (χ0) is 14.8. The lowest BCUT2D eigenvalue weighted by Gasteiger charge is -2.30. The normalized spacial score (nSPS) is 17.9. The number of primary sulfonamides is 1. The first kappa shape index (κ1) is 14.8. The summed E-state index contributed by atoms with van der Waals surface area (Å²) in [6.45, 7) is 0. The summed E-state index contributed by atoms with van der Waals surface area (Å²) in [7, 11) is -3.70. The molecule has 0 aliphatic heterocycles. The molecule has 0 atom stereocenters. The van der Waals surface area contributed by atoms with Crippen LogP contribution in [0.5, 0.6) is 0 Å². The Morgan fingerprint density at radius 1 is 1.25 bits per heavy atom. The van der Waals surface area contributed by atoms with Gasteiger partial charge < -0.3 is 10.4 Å². The van der Waals surface area contributed by atoms with Crippen molar-refractivity contribution in [3.63, 3.8) is 0 Å². The molecule has 0 radical (unpaired) electrons. The molecule has 1 saturated carbocycles. The highest BCUT2D eigenvalue weighted by atomic mass is 32.2. The third-order valence-electron chi connectivity index (χ3n) is 3.64. The SMILES string of the molecule is NS(=O)(=O)c1ccc(NC2(CC(=O)O)CCCC2)cc1. The van der Waals surface area contributed by atoms with Crippen LogP contribution in [0.2, 0.25) is 0 Å². The largest absolute Gasteiger partial charge is 0.481 e. The van der Waals surface area contributed by atoms with Crippen LogP contribution in [0.3, 0.4) is 0 Å². The van der Waals surface area contributed by atoms with Crippen LogP contribution >= 0.6 is 0 Å². The first-order valence-corrected chi connectivity index (χ1v) is 7.98. The number of hydrogen-bond acceptors (Lipinski definition) is 4. The molecule has 0 unspecified atom stereocenters. The van der Waals surface area contributed by atoms with Crippen molar-refractivity contribution in [2.45, 2.75) is 42.5 Å². The van der Waals surface area contributed by atoms with Crippen molar-refractivity contribution in [2.24, 2.45) is 5.14 Å². The highest BCUT2D eigenvalue weighted by Gasteiger charge is 2.35. The molecule has 110 valence electrons. The molecular formula is C13H18N2O4S. The van der Waals surface area contributed by atoms with Crippen molar-refractivity contribution in [3.05, 3.63) is 24.3 Å². The Morgan fingerprint density at radius 3 is 2.25 bits per heavy atom. The summed E-state index contributed by atoms with van der Waals surface area (Å²) in [5.74, 6) is -0.833. The molecule has 7 heteroatoms. The van der Waals surface area contributed by atoms with Crippen molar-refractivity contribution in [1.29, 1.82) is 0 Å². The van der Waals surface area contributed by atoms with Gasteiger partial charge >= 0.3 is 5.97 Å². The Morgan fingerprint density at radius 2 is 1.80 bits per heavy atom. The van der Waals surface area contributed by atoms with E-state index in [1.54, 1.807) is 12.1 Å². The zero-order valence-corrected chi connectivity index (χ0v) is 11.8. The summed E-state index contributed by atoms with van der Waals surface area (Å²) >= 11 is 0. The number of hydrogen-bond donors (Lipinski definition) is 3. The predicted molar refractivity (Wildman–Crippen MR) is 74.9 cm³/mol. The van der Waals surface area contributed by atoms with Gasteiger partial charge in [0, 0.05) is 11.2 Å². The van der Waals surface area contributed by atoms with E-state index < -0.39 is 21.5 Å². The fraction of sp³-hybridized carbons (Fsp3) is 0.462. The molecule has 1 fully saturated rings. The van der Waals surface area contributed by atoms with Gasteiger partial charge in [-0.1, -0.05) is 12.8 Å². The van der Waals surface area contributed by atoms with E-state index in [-0.39, 0.29) is 11.3 Å². The van der Waals surface area contributed by atoms with E-state index in [2.05, 4.69) is 5.32 Å². The van der Waals surface area contributed by atoms with Gasteiger partial charge in [-0.05, 0) is 37.1 Å². The average Bonchev–Trinajstić information content (AvgIpc) is 2.76. The number of rotatable bonds is 5. The maximum Gasteiger partial charge on any atom is 0.305 e. The fourth-order valence-corrected chi connectivity index (χ4v) is 3.24. The summed E-state index contributed by atoms with van der Waals surface area (Å²) in [5.41, 5.74) is 0.273. The second-order valence-corrected chi connectivity index (χ2v) is 6.81. The summed E-state index contributed by atoms with van der Waals surface area (Å²) in [4.78, 5) is 11.0. The minimum Gasteiger partial charge on any atom is -0.481 e. The number of carbonyl (C=O) groups is 1. The number of aliphatic carboxylic acids is 1. The van der Waals surface area contributed by atoms with Crippen LogP contribution in [-0.2, 0) is 14.8 Å². The molecule has 0 bridgehead atoms. The summed E-state index contributed by atoms with van der Waals surface area (Å²) in [6, 6.07) is 6.06. The maximum absolute atomic E-state index is 11.2. The summed E-state index contributed by atoms with van der Waals surface area (Å²) < 4.78 is 22.4. The van der Waals surface area contributed by atoms with Gasteiger partial charge in [-0.25, -0.2) is 13.6 Å². The molecule has 1 aliphatic carbocycles. The van der Waals surface area contributed by atoms with Gasteiger partial charge in [0.2, 0.25) is 10.0 Å². The highest BCUT2D eigenvalue weighted by molar-refractivity contribution is 7.89. The third kappa shape index (κ3) is 3.49. The van der Waals surface area contributed by atoms with Crippen LogP contribution < -0.4 is 10.5 Å². The van der Waals surface area contributed by atoms with Gasteiger partial charge in [0.25, 0.3) is 0 Å². The minimum absolute atomic E-state index is 0.0433. The van der Waals surface area contributed by atoms with Crippen LogP contribution in [0, 0.1) is 0 Å². The quantitative estimate of drug-likeness (QED) is 0.763. The first-order valence-electron chi connectivity index (χ1n) is 6.44. The van der Waals surface area contributed by atoms with Gasteiger partial charge in [0.1, 0.15) is 0 Å². The number of benzene rings is 1. The third-order valence-corrected chi connectivity index (χ3v) is 4.57. The number of sulfonamides is 1. The number of nitrogens with one attached hydrogen (secondary N) is 1. The van der Waals surface area contributed by atoms with E-state index in [0.717, 1.165) is 25.7 Å². The van der Waals surface area contributed by atoms with E-state index in [1.807, 2.05) is 0 Å². The second-order valence-electron chi connectivity index (χ2n) is 5.25. The molecule has 0 amide bonds. The molecule has 4 N–H and O–H groups in total. The lowest BCUT2D eigenvalue weighted by molar-refractivity contribution is -0.138. The number of anilines is 1. The Bertz CT molecular complexity index is 589. The summed E-state index contributed by atoms with van der Waals surface area (Å²) in [5, 5.41) is 17.3. The lowest BCUT2D eigenvalue weighted by Crippen LogP contribution is -2.37. The number of carboxylic acid groups (broad SMARTS) is 1. The van der Waals surface area contributed by atoms with Gasteiger partial charge in [-0.3, -0.25) is 4.79 Å². The Labute approximate surface area is 118 Å². The molecule has 0 saturated heterocycles. The standard InChI is InChI=1S/C13H18N2O4S/c14-20(18,19)11-5-3-10(4-6-11)15-13(9-12(16)17)7-1-2-8-13/h3-6,15H,1-2,7-9H2,(H,16,17)(H2,14,18,19).